The number of aliphatic hydroxyl groups excluding tert-OH is 1. The minimum atomic E-state index is -0.117. The Labute approximate surface area is 111 Å². The summed E-state index contributed by atoms with van der Waals surface area (Å²) in [5, 5.41) is 15.7. The second-order valence-electron chi connectivity index (χ2n) is 5.45. The average molecular weight is 256 g/mol. The Morgan fingerprint density at radius 3 is 2.61 bits per heavy atom. The normalized spacial score (nSPS) is 25.7. The lowest BCUT2D eigenvalue weighted by molar-refractivity contribution is -0.122. The number of aliphatic hydroxyl groups is 1. The highest BCUT2D eigenvalue weighted by Crippen LogP contribution is 2.23. The van der Waals surface area contributed by atoms with Gasteiger partial charge in [-0.3, -0.25) is 4.79 Å². The van der Waals surface area contributed by atoms with E-state index in [-0.39, 0.29) is 18.1 Å². The first-order valence-corrected chi connectivity index (χ1v) is 7.32. The van der Waals surface area contributed by atoms with E-state index in [0.29, 0.717) is 5.92 Å². The molecule has 0 spiro atoms. The third-order valence-corrected chi connectivity index (χ3v) is 3.75. The molecule has 1 saturated carbocycles. The van der Waals surface area contributed by atoms with Gasteiger partial charge in [0.05, 0.1) is 12.1 Å². The monoisotopic (exact) mass is 256 g/mol. The van der Waals surface area contributed by atoms with E-state index in [1.54, 1.807) is 0 Å². The number of carbonyl (C=O) groups is 1. The number of hydrogen-bond acceptors (Lipinski definition) is 3. The maximum absolute atomic E-state index is 11.7. The molecule has 1 atom stereocenters. The highest BCUT2D eigenvalue weighted by molar-refractivity contribution is 5.81. The number of rotatable bonds is 7. The lowest BCUT2D eigenvalue weighted by atomic mass is 9.87. The number of unbranched alkanes of at least 4 members (excludes halogenated alkanes) is 1. The van der Waals surface area contributed by atoms with Gasteiger partial charge in [-0.05, 0) is 51.5 Å². The average Bonchev–Trinajstić information content (AvgIpc) is 2.38. The zero-order valence-corrected chi connectivity index (χ0v) is 11.7. The van der Waals surface area contributed by atoms with Crippen LogP contribution in [0.4, 0.5) is 0 Å². The third-order valence-electron chi connectivity index (χ3n) is 3.75. The van der Waals surface area contributed by atoms with E-state index in [4.69, 9.17) is 0 Å². The van der Waals surface area contributed by atoms with Crippen LogP contribution in [-0.2, 0) is 4.79 Å². The molecule has 3 N–H and O–H groups in total. The molecular weight excluding hydrogens is 228 g/mol. The third kappa shape index (κ3) is 5.83. The van der Waals surface area contributed by atoms with Crippen LogP contribution >= 0.6 is 0 Å². The molecule has 106 valence electrons. The van der Waals surface area contributed by atoms with E-state index in [0.717, 1.165) is 51.6 Å². The zero-order chi connectivity index (χ0) is 13.4. The highest BCUT2D eigenvalue weighted by atomic mass is 16.3. The van der Waals surface area contributed by atoms with E-state index in [1.807, 2.05) is 6.92 Å². The fourth-order valence-corrected chi connectivity index (χ4v) is 2.33. The molecular formula is C14H28N2O2. The summed E-state index contributed by atoms with van der Waals surface area (Å²) in [6, 6.07) is -0.117. The van der Waals surface area contributed by atoms with Gasteiger partial charge < -0.3 is 15.7 Å². The number of amides is 1. The van der Waals surface area contributed by atoms with Crippen LogP contribution in [-0.4, -0.2) is 36.2 Å². The Morgan fingerprint density at radius 2 is 2.00 bits per heavy atom. The maximum Gasteiger partial charge on any atom is 0.236 e. The molecule has 1 aliphatic carbocycles. The van der Waals surface area contributed by atoms with Crippen molar-refractivity contribution in [1.82, 2.24) is 10.6 Å². The first-order valence-electron chi connectivity index (χ1n) is 7.32. The van der Waals surface area contributed by atoms with Crippen molar-refractivity contribution < 1.29 is 9.90 Å². The van der Waals surface area contributed by atoms with Gasteiger partial charge in [-0.15, -0.1) is 0 Å². The molecule has 1 amide bonds. The van der Waals surface area contributed by atoms with E-state index in [2.05, 4.69) is 17.6 Å². The molecule has 0 aromatic carbocycles. The molecule has 0 aromatic rings. The van der Waals surface area contributed by atoms with E-state index < -0.39 is 0 Å². The minimum Gasteiger partial charge on any atom is -0.393 e. The van der Waals surface area contributed by atoms with Crippen LogP contribution in [0.5, 0.6) is 0 Å². The zero-order valence-electron chi connectivity index (χ0n) is 11.7. The van der Waals surface area contributed by atoms with E-state index >= 15 is 0 Å². The van der Waals surface area contributed by atoms with Crippen LogP contribution in [0.3, 0.4) is 0 Å². The summed E-state index contributed by atoms with van der Waals surface area (Å²) in [4.78, 5) is 11.7. The maximum atomic E-state index is 11.7. The van der Waals surface area contributed by atoms with Gasteiger partial charge in [0.1, 0.15) is 0 Å². The first-order chi connectivity index (χ1) is 8.63. The largest absolute Gasteiger partial charge is 0.393 e. The molecule has 1 rings (SSSR count). The van der Waals surface area contributed by atoms with Crippen molar-refractivity contribution in [2.75, 3.05) is 13.1 Å². The summed E-state index contributed by atoms with van der Waals surface area (Å²) in [5.41, 5.74) is 0. The van der Waals surface area contributed by atoms with Gasteiger partial charge in [0.25, 0.3) is 0 Å². The quantitative estimate of drug-likeness (QED) is 0.604. The molecule has 18 heavy (non-hydrogen) atoms. The fraction of sp³-hybridized carbons (Fsp3) is 0.929. The molecule has 0 radical (unpaired) electrons. The summed E-state index contributed by atoms with van der Waals surface area (Å²) in [6.45, 7) is 5.69. The van der Waals surface area contributed by atoms with Crippen molar-refractivity contribution >= 4 is 5.91 Å². The second-order valence-corrected chi connectivity index (χ2v) is 5.45. The molecule has 1 fully saturated rings. The first kappa shape index (κ1) is 15.4. The van der Waals surface area contributed by atoms with Crippen LogP contribution < -0.4 is 10.6 Å². The fourth-order valence-electron chi connectivity index (χ4n) is 2.33. The number of nitrogens with one attached hydrogen (secondary N) is 2. The van der Waals surface area contributed by atoms with Crippen LogP contribution in [0.2, 0.25) is 0 Å². The summed E-state index contributed by atoms with van der Waals surface area (Å²) in [7, 11) is 0. The molecule has 1 aliphatic rings. The van der Waals surface area contributed by atoms with Crippen molar-refractivity contribution in [2.45, 2.75) is 64.5 Å². The Hall–Kier alpha value is -0.610. The number of carbonyl (C=O) groups excluding carboxylic acids is 1. The molecule has 0 aromatic heterocycles. The van der Waals surface area contributed by atoms with E-state index in [9.17, 15) is 9.90 Å². The highest BCUT2D eigenvalue weighted by Gasteiger charge is 2.20. The Balaban J connectivity index is 2.12. The van der Waals surface area contributed by atoms with Gasteiger partial charge >= 0.3 is 0 Å². The molecule has 0 heterocycles. The molecule has 1 unspecified atom stereocenters. The molecule has 0 saturated heterocycles. The van der Waals surface area contributed by atoms with E-state index in [1.165, 1.54) is 0 Å². The van der Waals surface area contributed by atoms with Crippen molar-refractivity contribution in [3.63, 3.8) is 0 Å². The van der Waals surface area contributed by atoms with Crippen LogP contribution in [0.25, 0.3) is 0 Å². The van der Waals surface area contributed by atoms with Gasteiger partial charge in [-0.2, -0.15) is 0 Å². The molecule has 4 heteroatoms. The van der Waals surface area contributed by atoms with Crippen molar-refractivity contribution in [3.8, 4) is 0 Å². The van der Waals surface area contributed by atoms with Crippen LogP contribution in [0.1, 0.15) is 52.4 Å². The van der Waals surface area contributed by atoms with Gasteiger partial charge in [0.2, 0.25) is 5.91 Å². The Kier molecular flexibility index (Phi) is 7.28. The molecule has 4 nitrogen and oxygen atoms in total. The number of hydrogen-bond donors (Lipinski definition) is 3. The molecule has 0 bridgehead atoms. The van der Waals surface area contributed by atoms with Crippen molar-refractivity contribution in [2.24, 2.45) is 5.92 Å². The SMILES string of the molecule is CCCCNC(=O)C(C)NCC1CCC(O)CC1. The summed E-state index contributed by atoms with van der Waals surface area (Å²) in [5.74, 6) is 0.707. The van der Waals surface area contributed by atoms with Gasteiger partial charge in [-0.1, -0.05) is 13.3 Å². The van der Waals surface area contributed by atoms with Gasteiger partial charge in [-0.25, -0.2) is 0 Å². The summed E-state index contributed by atoms with van der Waals surface area (Å²) in [6.07, 6.45) is 5.99. The molecule has 0 aliphatic heterocycles. The standard InChI is InChI=1S/C14H28N2O2/c1-3-4-9-15-14(18)11(2)16-10-12-5-7-13(17)8-6-12/h11-13,16-17H,3-10H2,1-2H3,(H,15,18). The minimum absolute atomic E-state index is 0.0966. The topological polar surface area (TPSA) is 61.4 Å². The predicted octanol–water partition coefficient (Wildman–Crippen LogP) is 1.43. The Bertz CT molecular complexity index is 238. The predicted molar refractivity (Wildman–Crippen MR) is 73.3 cm³/mol. The smallest absolute Gasteiger partial charge is 0.236 e. The second kappa shape index (κ2) is 8.48. The Morgan fingerprint density at radius 1 is 1.33 bits per heavy atom. The summed E-state index contributed by atoms with van der Waals surface area (Å²) >= 11 is 0. The van der Waals surface area contributed by atoms with Crippen molar-refractivity contribution in [3.05, 3.63) is 0 Å². The lowest BCUT2D eigenvalue weighted by Crippen LogP contribution is -2.44. The lowest BCUT2D eigenvalue weighted by Gasteiger charge is -2.26. The van der Waals surface area contributed by atoms with Gasteiger partial charge in [0.15, 0.2) is 0 Å². The van der Waals surface area contributed by atoms with Crippen molar-refractivity contribution in [1.29, 1.82) is 0 Å². The van der Waals surface area contributed by atoms with Gasteiger partial charge in [0, 0.05) is 6.54 Å². The van der Waals surface area contributed by atoms with Crippen LogP contribution in [0, 0.1) is 5.92 Å². The summed E-state index contributed by atoms with van der Waals surface area (Å²) < 4.78 is 0. The van der Waals surface area contributed by atoms with Crippen LogP contribution in [0.15, 0.2) is 0 Å².